The highest BCUT2D eigenvalue weighted by Gasteiger charge is 2.03. The molecule has 3 nitrogen and oxygen atoms in total. The quantitative estimate of drug-likeness (QED) is 0.800. The van der Waals surface area contributed by atoms with E-state index in [0.29, 0.717) is 6.54 Å². The lowest BCUT2D eigenvalue weighted by Gasteiger charge is -2.09. The van der Waals surface area contributed by atoms with Crippen molar-refractivity contribution < 1.29 is 4.21 Å². The third kappa shape index (κ3) is 3.11. The fraction of sp³-hybridized carbons (Fsp3) is 0.118. The van der Waals surface area contributed by atoms with E-state index >= 15 is 0 Å². The van der Waals surface area contributed by atoms with Crippen LogP contribution in [0.2, 0.25) is 0 Å². The number of pyridine rings is 1. The molecular formula is C17H16N2OS. The van der Waals surface area contributed by atoms with Gasteiger partial charge in [0.1, 0.15) is 0 Å². The molecule has 2 aromatic carbocycles. The second-order valence-corrected chi connectivity index (χ2v) is 6.21. The number of fused-ring (bicyclic) bond motifs is 1. The van der Waals surface area contributed by atoms with Crippen LogP contribution >= 0.6 is 0 Å². The minimum atomic E-state index is -0.962. The van der Waals surface area contributed by atoms with Gasteiger partial charge in [0.15, 0.2) is 0 Å². The van der Waals surface area contributed by atoms with E-state index in [4.69, 9.17) is 0 Å². The first kappa shape index (κ1) is 13.8. The number of anilines is 1. The molecule has 0 saturated carbocycles. The summed E-state index contributed by atoms with van der Waals surface area (Å²) in [6.45, 7) is 0.689. The fourth-order valence-corrected chi connectivity index (χ4v) is 2.86. The molecule has 0 aliphatic rings. The molecule has 0 bridgehead atoms. The summed E-state index contributed by atoms with van der Waals surface area (Å²) in [5.41, 5.74) is 3.13. The van der Waals surface area contributed by atoms with Crippen LogP contribution in [0.3, 0.4) is 0 Å². The third-order valence-electron chi connectivity index (χ3n) is 3.37. The molecule has 1 atom stereocenters. The monoisotopic (exact) mass is 296 g/mol. The van der Waals surface area contributed by atoms with Gasteiger partial charge in [0, 0.05) is 45.8 Å². The Labute approximate surface area is 126 Å². The minimum absolute atomic E-state index is 0.689. The maximum absolute atomic E-state index is 11.5. The van der Waals surface area contributed by atoms with Gasteiger partial charge in [-0.25, -0.2) is 0 Å². The summed E-state index contributed by atoms with van der Waals surface area (Å²) in [5, 5.41) is 4.51. The number of benzene rings is 2. The number of rotatable bonds is 4. The van der Waals surface area contributed by atoms with Gasteiger partial charge in [0.2, 0.25) is 0 Å². The zero-order chi connectivity index (χ0) is 14.7. The predicted molar refractivity (Wildman–Crippen MR) is 87.8 cm³/mol. The largest absolute Gasteiger partial charge is 0.381 e. The molecule has 0 aliphatic carbocycles. The fourth-order valence-electron chi connectivity index (χ4n) is 2.29. The van der Waals surface area contributed by atoms with Gasteiger partial charge in [0.05, 0.1) is 5.52 Å². The number of aromatic nitrogens is 1. The lowest BCUT2D eigenvalue weighted by Crippen LogP contribution is -2.01. The van der Waals surface area contributed by atoms with E-state index in [2.05, 4.69) is 28.5 Å². The summed E-state index contributed by atoms with van der Waals surface area (Å²) in [6, 6.07) is 17.9. The zero-order valence-corrected chi connectivity index (χ0v) is 12.6. The van der Waals surface area contributed by atoms with Crippen LogP contribution in [0.15, 0.2) is 65.7 Å². The van der Waals surface area contributed by atoms with Gasteiger partial charge in [-0.3, -0.25) is 9.19 Å². The van der Waals surface area contributed by atoms with Gasteiger partial charge in [-0.05, 0) is 29.8 Å². The van der Waals surface area contributed by atoms with Crippen molar-refractivity contribution in [2.24, 2.45) is 0 Å². The summed E-state index contributed by atoms with van der Waals surface area (Å²) < 4.78 is 11.5. The van der Waals surface area contributed by atoms with Crippen molar-refractivity contribution in [2.45, 2.75) is 11.4 Å². The normalized spacial score (nSPS) is 12.2. The Morgan fingerprint density at radius 3 is 2.76 bits per heavy atom. The van der Waals surface area contributed by atoms with E-state index in [9.17, 15) is 4.21 Å². The van der Waals surface area contributed by atoms with Gasteiger partial charge in [-0.15, -0.1) is 0 Å². The maximum atomic E-state index is 11.5. The van der Waals surface area contributed by atoms with Crippen LogP contribution in [0.5, 0.6) is 0 Å². The summed E-state index contributed by atoms with van der Waals surface area (Å²) in [5.74, 6) is 0. The highest BCUT2D eigenvalue weighted by molar-refractivity contribution is 7.84. The molecule has 1 N–H and O–H groups in total. The highest BCUT2D eigenvalue weighted by Crippen LogP contribution is 2.18. The lowest BCUT2D eigenvalue weighted by molar-refractivity contribution is 0.687. The Bertz CT molecular complexity index is 796. The average molecular weight is 296 g/mol. The lowest BCUT2D eigenvalue weighted by atomic mass is 10.1. The maximum Gasteiger partial charge on any atom is 0.0751 e. The van der Waals surface area contributed by atoms with Crippen molar-refractivity contribution >= 4 is 27.4 Å². The van der Waals surface area contributed by atoms with E-state index in [1.807, 2.05) is 42.6 Å². The zero-order valence-electron chi connectivity index (χ0n) is 11.7. The van der Waals surface area contributed by atoms with Crippen molar-refractivity contribution in [3.05, 3.63) is 66.4 Å². The Hall–Kier alpha value is -2.20. The standard InChI is InChI=1S/C17H16N2OS/c1-21(20)16-9-3-8-15(11-16)19-12-14-6-2-5-13-7-4-10-18-17(13)14/h2-11,19H,12H2,1H3. The molecule has 0 saturated heterocycles. The number of nitrogens with one attached hydrogen (secondary N) is 1. The van der Waals surface area contributed by atoms with Crippen LogP contribution in [0.25, 0.3) is 10.9 Å². The van der Waals surface area contributed by atoms with E-state index in [1.165, 1.54) is 0 Å². The van der Waals surface area contributed by atoms with Crippen molar-refractivity contribution in [1.82, 2.24) is 4.98 Å². The van der Waals surface area contributed by atoms with E-state index in [1.54, 1.807) is 6.26 Å². The molecule has 0 aliphatic heterocycles. The third-order valence-corrected chi connectivity index (χ3v) is 4.28. The first-order valence-electron chi connectivity index (χ1n) is 6.74. The molecule has 4 heteroatoms. The molecular weight excluding hydrogens is 280 g/mol. The van der Waals surface area contributed by atoms with Crippen LogP contribution in [-0.2, 0) is 17.3 Å². The molecule has 1 aromatic heterocycles. The highest BCUT2D eigenvalue weighted by atomic mass is 32.2. The Balaban J connectivity index is 1.84. The molecule has 0 radical (unpaired) electrons. The smallest absolute Gasteiger partial charge is 0.0751 e. The van der Waals surface area contributed by atoms with Gasteiger partial charge in [0.25, 0.3) is 0 Å². The van der Waals surface area contributed by atoms with Crippen LogP contribution in [0.1, 0.15) is 5.56 Å². The summed E-state index contributed by atoms with van der Waals surface area (Å²) in [4.78, 5) is 5.28. The van der Waals surface area contributed by atoms with Crippen molar-refractivity contribution in [2.75, 3.05) is 11.6 Å². The van der Waals surface area contributed by atoms with Gasteiger partial charge >= 0.3 is 0 Å². The molecule has 1 unspecified atom stereocenters. The molecule has 21 heavy (non-hydrogen) atoms. The Kier molecular flexibility index (Phi) is 3.97. The Morgan fingerprint density at radius 2 is 1.90 bits per heavy atom. The van der Waals surface area contributed by atoms with Gasteiger partial charge in [-0.1, -0.05) is 30.3 Å². The van der Waals surface area contributed by atoms with Crippen molar-refractivity contribution in [3.8, 4) is 0 Å². The summed E-state index contributed by atoms with van der Waals surface area (Å²) in [7, 11) is -0.962. The van der Waals surface area contributed by atoms with Crippen LogP contribution < -0.4 is 5.32 Å². The Morgan fingerprint density at radius 1 is 1.10 bits per heavy atom. The first-order chi connectivity index (χ1) is 10.2. The van der Waals surface area contributed by atoms with Crippen LogP contribution in [0, 0.1) is 0 Å². The van der Waals surface area contributed by atoms with Crippen molar-refractivity contribution in [1.29, 1.82) is 0 Å². The van der Waals surface area contributed by atoms with E-state index in [-0.39, 0.29) is 0 Å². The minimum Gasteiger partial charge on any atom is -0.381 e. The molecule has 0 amide bonds. The van der Waals surface area contributed by atoms with Gasteiger partial charge in [-0.2, -0.15) is 0 Å². The molecule has 106 valence electrons. The number of para-hydroxylation sites is 1. The van der Waals surface area contributed by atoms with Crippen LogP contribution in [-0.4, -0.2) is 15.4 Å². The first-order valence-corrected chi connectivity index (χ1v) is 8.30. The van der Waals surface area contributed by atoms with E-state index < -0.39 is 10.8 Å². The molecule has 0 spiro atoms. The summed E-state index contributed by atoms with van der Waals surface area (Å²) in [6.07, 6.45) is 3.50. The molecule has 0 fully saturated rings. The second-order valence-electron chi connectivity index (χ2n) is 4.83. The molecule has 3 aromatic rings. The SMILES string of the molecule is CS(=O)c1cccc(NCc2cccc3cccnc23)c1. The number of nitrogens with zero attached hydrogens (tertiary/aromatic N) is 1. The number of hydrogen-bond acceptors (Lipinski definition) is 3. The van der Waals surface area contributed by atoms with Crippen LogP contribution in [0.4, 0.5) is 5.69 Å². The van der Waals surface area contributed by atoms with E-state index in [0.717, 1.165) is 27.0 Å². The topological polar surface area (TPSA) is 42.0 Å². The molecule has 3 rings (SSSR count). The second kappa shape index (κ2) is 6.06. The van der Waals surface area contributed by atoms with Crippen molar-refractivity contribution in [3.63, 3.8) is 0 Å². The number of hydrogen-bond donors (Lipinski definition) is 1. The predicted octanol–water partition coefficient (Wildman–Crippen LogP) is 3.58. The summed E-state index contributed by atoms with van der Waals surface area (Å²) >= 11 is 0. The van der Waals surface area contributed by atoms with Gasteiger partial charge < -0.3 is 5.32 Å². The molecule has 1 heterocycles. The average Bonchev–Trinajstić information content (AvgIpc) is 2.53.